The van der Waals surface area contributed by atoms with Crippen LogP contribution in [-0.4, -0.2) is 52.0 Å². The van der Waals surface area contributed by atoms with Crippen molar-refractivity contribution in [1.82, 2.24) is 10.2 Å². The van der Waals surface area contributed by atoms with E-state index in [4.69, 9.17) is 14.2 Å². The van der Waals surface area contributed by atoms with Crippen LogP contribution in [0.3, 0.4) is 0 Å². The summed E-state index contributed by atoms with van der Waals surface area (Å²) in [6.07, 6.45) is 0. The summed E-state index contributed by atoms with van der Waals surface area (Å²) in [4.78, 5) is 2.35. The Morgan fingerprint density at radius 3 is 2.43 bits per heavy atom. The highest BCUT2D eigenvalue weighted by atomic mass is 19.2. The summed E-state index contributed by atoms with van der Waals surface area (Å²) >= 11 is 0. The monoisotopic (exact) mass is 392 g/mol. The zero-order valence-electron chi connectivity index (χ0n) is 16.2. The van der Waals surface area contributed by atoms with Gasteiger partial charge in [-0.15, -0.1) is 0 Å². The molecule has 1 atom stereocenters. The van der Waals surface area contributed by atoms with Gasteiger partial charge in [0.05, 0.1) is 27.4 Å². The molecule has 7 heteroatoms. The molecule has 1 saturated heterocycles. The second-order valence-corrected chi connectivity index (χ2v) is 6.66. The summed E-state index contributed by atoms with van der Waals surface area (Å²) in [6.45, 7) is 4.12. The molecule has 2 aromatic carbocycles. The van der Waals surface area contributed by atoms with E-state index < -0.39 is 11.6 Å². The van der Waals surface area contributed by atoms with Gasteiger partial charge in [0.25, 0.3) is 0 Å². The number of methoxy groups -OCH3 is 2. The molecule has 28 heavy (non-hydrogen) atoms. The molecule has 1 aliphatic heterocycles. The van der Waals surface area contributed by atoms with Crippen molar-refractivity contribution in [1.29, 1.82) is 0 Å². The van der Waals surface area contributed by atoms with Gasteiger partial charge >= 0.3 is 0 Å². The first-order valence-electron chi connectivity index (χ1n) is 9.30. The molecule has 1 heterocycles. The fourth-order valence-electron chi connectivity index (χ4n) is 3.41. The highest BCUT2D eigenvalue weighted by Gasteiger charge is 2.23. The van der Waals surface area contributed by atoms with Crippen molar-refractivity contribution in [3.8, 4) is 11.5 Å². The Morgan fingerprint density at radius 2 is 1.75 bits per heavy atom. The SMILES string of the molecule is COc1ccc(C(CNCc2ccc(F)c(F)c2)N2CCOCC2)cc1OC. The Morgan fingerprint density at radius 1 is 1.00 bits per heavy atom. The minimum Gasteiger partial charge on any atom is -0.493 e. The van der Waals surface area contributed by atoms with Crippen LogP contribution in [-0.2, 0) is 11.3 Å². The number of halogens is 2. The van der Waals surface area contributed by atoms with Crippen LogP contribution in [0.1, 0.15) is 17.2 Å². The van der Waals surface area contributed by atoms with Crippen molar-refractivity contribution in [3.05, 3.63) is 59.2 Å². The van der Waals surface area contributed by atoms with Crippen LogP contribution >= 0.6 is 0 Å². The van der Waals surface area contributed by atoms with E-state index in [1.807, 2.05) is 18.2 Å². The quantitative estimate of drug-likeness (QED) is 0.748. The Balaban J connectivity index is 1.74. The van der Waals surface area contributed by atoms with Crippen molar-refractivity contribution < 1.29 is 23.0 Å². The number of morpholine rings is 1. The summed E-state index contributed by atoms with van der Waals surface area (Å²) in [5, 5.41) is 3.37. The number of nitrogens with zero attached hydrogens (tertiary/aromatic N) is 1. The predicted molar refractivity (Wildman–Crippen MR) is 103 cm³/mol. The molecule has 0 saturated carbocycles. The summed E-state index contributed by atoms with van der Waals surface area (Å²) in [6, 6.07) is 9.97. The lowest BCUT2D eigenvalue weighted by Crippen LogP contribution is -2.42. The number of ether oxygens (including phenoxy) is 3. The summed E-state index contributed by atoms with van der Waals surface area (Å²) < 4.78 is 42.8. The molecule has 152 valence electrons. The third-order valence-corrected chi connectivity index (χ3v) is 4.93. The van der Waals surface area contributed by atoms with Crippen molar-refractivity contribution in [2.75, 3.05) is 47.1 Å². The van der Waals surface area contributed by atoms with Crippen LogP contribution in [0.2, 0.25) is 0 Å². The molecule has 2 aromatic rings. The van der Waals surface area contributed by atoms with E-state index in [0.717, 1.165) is 24.7 Å². The van der Waals surface area contributed by atoms with E-state index in [0.29, 0.717) is 43.4 Å². The van der Waals surface area contributed by atoms with Crippen LogP contribution in [0.5, 0.6) is 11.5 Å². The van der Waals surface area contributed by atoms with Gasteiger partial charge in [-0.1, -0.05) is 12.1 Å². The average Bonchev–Trinajstić information content (AvgIpc) is 2.74. The van der Waals surface area contributed by atoms with Crippen LogP contribution < -0.4 is 14.8 Å². The van der Waals surface area contributed by atoms with Gasteiger partial charge in [-0.3, -0.25) is 4.90 Å². The van der Waals surface area contributed by atoms with Crippen LogP contribution in [0.25, 0.3) is 0 Å². The second-order valence-electron chi connectivity index (χ2n) is 6.66. The highest BCUT2D eigenvalue weighted by molar-refractivity contribution is 5.44. The van der Waals surface area contributed by atoms with Crippen LogP contribution in [0, 0.1) is 11.6 Å². The Hall–Kier alpha value is -2.22. The molecule has 1 aliphatic rings. The minimum atomic E-state index is -0.833. The second kappa shape index (κ2) is 9.82. The normalized spacial score (nSPS) is 16.0. The summed E-state index contributed by atoms with van der Waals surface area (Å²) in [5.41, 5.74) is 1.80. The van der Waals surface area contributed by atoms with E-state index in [-0.39, 0.29) is 6.04 Å². The van der Waals surface area contributed by atoms with Crippen molar-refractivity contribution in [3.63, 3.8) is 0 Å². The van der Waals surface area contributed by atoms with Gasteiger partial charge in [0, 0.05) is 32.2 Å². The van der Waals surface area contributed by atoms with E-state index in [2.05, 4.69) is 10.2 Å². The van der Waals surface area contributed by atoms with E-state index in [1.165, 1.54) is 6.07 Å². The fraction of sp³-hybridized carbons (Fsp3) is 0.429. The number of rotatable bonds is 8. The smallest absolute Gasteiger partial charge is 0.161 e. The maximum Gasteiger partial charge on any atom is 0.161 e. The summed E-state index contributed by atoms with van der Waals surface area (Å²) in [5.74, 6) is -0.301. The van der Waals surface area contributed by atoms with E-state index in [9.17, 15) is 8.78 Å². The van der Waals surface area contributed by atoms with Crippen LogP contribution in [0.4, 0.5) is 8.78 Å². The third kappa shape index (κ3) is 4.98. The lowest BCUT2D eigenvalue weighted by molar-refractivity contribution is 0.0160. The molecule has 0 aromatic heterocycles. The van der Waals surface area contributed by atoms with Crippen molar-refractivity contribution in [2.45, 2.75) is 12.6 Å². The molecule has 0 aliphatic carbocycles. The van der Waals surface area contributed by atoms with E-state index in [1.54, 1.807) is 20.3 Å². The first-order valence-corrected chi connectivity index (χ1v) is 9.30. The number of hydrogen-bond acceptors (Lipinski definition) is 5. The van der Waals surface area contributed by atoms with Gasteiger partial charge in [0.15, 0.2) is 23.1 Å². The molecule has 0 spiro atoms. The molecule has 0 radical (unpaired) electrons. The maximum atomic E-state index is 13.4. The van der Waals surface area contributed by atoms with Crippen LogP contribution in [0.15, 0.2) is 36.4 Å². The fourth-order valence-corrected chi connectivity index (χ4v) is 3.41. The molecule has 1 fully saturated rings. The first kappa shape index (κ1) is 20.5. The largest absolute Gasteiger partial charge is 0.493 e. The van der Waals surface area contributed by atoms with Gasteiger partial charge in [-0.05, 0) is 35.4 Å². The summed E-state index contributed by atoms with van der Waals surface area (Å²) in [7, 11) is 3.23. The topological polar surface area (TPSA) is 43.0 Å². The molecule has 5 nitrogen and oxygen atoms in total. The van der Waals surface area contributed by atoms with Crippen molar-refractivity contribution in [2.24, 2.45) is 0 Å². The Kier molecular flexibility index (Phi) is 7.19. The standard InChI is InChI=1S/C21H26F2N2O3/c1-26-20-6-4-16(12-21(20)27-2)19(25-7-9-28-10-8-25)14-24-13-15-3-5-17(22)18(23)11-15/h3-6,11-12,19,24H,7-10,13-14H2,1-2H3. The molecule has 3 rings (SSSR count). The molecule has 0 bridgehead atoms. The molecular formula is C21H26F2N2O3. The Labute approximate surface area is 164 Å². The number of hydrogen-bond donors (Lipinski definition) is 1. The average molecular weight is 392 g/mol. The van der Waals surface area contributed by atoms with Gasteiger partial charge in [0.1, 0.15) is 0 Å². The van der Waals surface area contributed by atoms with E-state index >= 15 is 0 Å². The van der Waals surface area contributed by atoms with Gasteiger partial charge in [0.2, 0.25) is 0 Å². The minimum absolute atomic E-state index is 0.0917. The predicted octanol–water partition coefficient (Wildman–Crippen LogP) is 3.15. The van der Waals surface area contributed by atoms with Gasteiger partial charge < -0.3 is 19.5 Å². The van der Waals surface area contributed by atoms with Gasteiger partial charge in [-0.25, -0.2) is 8.78 Å². The first-order chi connectivity index (χ1) is 13.6. The Bertz CT molecular complexity index is 782. The molecule has 0 amide bonds. The molecule has 1 N–H and O–H groups in total. The lowest BCUT2D eigenvalue weighted by atomic mass is 10.0. The molecule has 1 unspecified atom stereocenters. The van der Waals surface area contributed by atoms with Crippen molar-refractivity contribution >= 4 is 0 Å². The zero-order chi connectivity index (χ0) is 19.9. The number of benzene rings is 2. The molecular weight excluding hydrogens is 366 g/mol. The number of nitrogens with one attached hydrogen (secondary N) is 1. The maximum absolute atomic E-state index is 13.4. The highest BCUT2D eigenvalue weighted by Crippen LogP contribution is 2.32. The third-order valence-electron chi connectivity index (χ3n) is 4.93. The zero-order valence-corrected chi connectivity index (χ0v) is 16.2. The lowest BCUT2D eigenvalue weighted by Gasteiger charge is -2.35. The van der Waals surface area contributed by atoms with Gasteiger partial charge in [-0.2, -0.15) is 0 Å².